The molecule has 0 saturated heterocycles. The van der Waals surface area contributed by atoms with E-state index in [1.807, 2.05) is 0 Å². The first-order chi connectivity index (χ1) is 8.55. The molecule has 1 heterocycles. The van der Waals surface area contributed by atoms with E-state index in [9.17, 15) is 8.42 Å². The summed E-state index contributed by atoms with van der Waals surface area (Å²) in [6.45, 7) is 0.720. The van der Waals surface area contributed by atoms with Gasteiger partial charge in [-0.15, -0.1) is 0 Å². The highest BCUT2D eigenvalue weighted by Crippen LogP contribution is 2.28. The van der Waals surface area contributed by atoms with Crippen LogP contribution in [0.2, 0.25) is 0 Å². The maximum Gasteiger partial charge on any atom is 0.246 e. The van der Waals surface area contributed by atoms with Crippen molar-refractivity contribution in [1.82, 2.24) is 14.1 Å². The second-order valence-corrected chi connectivity index (χ2v) is 6.58. The first kappa shape index (κ1) is 13.5. The molecule has 1 fully saturated rings. The molecule has 1 aliphatic rings. The van der Waals surface area contributed by atoms with Crippen molar-refractivity contribution in [3.63, 3.8) is 0 Å². The maximum absolute atomic E-state index is 12.5. The molecular formula is C11H20N4O2S. The summed E-state index contributed by atoms with van der Waals surface area (Å²) in [5.74, 6) is 0. The van der Waals surface area contributed by atoms with Crippen molar-refractivity contribution in [1.29, 1.82) is 0 Å². The Hall–Kier alpha value is -0.920. The number of rotatable bonds is 5. The number of hydrogen-bond donors (Lipinski definition) is 1. The Balaban J connectivity index is 2.28. The summed E-state index contributed by atoms with van der Waals surface area (Å²) in [6.07, 6.45) is 6.98. The van der Waals surface area contributed by atoms with Crippen LogP contribution in [0.5, 0.6) is 0 Å². The van der Waals surface area contributed by atoms with Gasteiger partial charge in [-0.2, -0.15) is 9.40 Å². The van der Waals surface area contributed by atoms with E-state index in [4.69, 9.17) is 5.73 Å². The molecule has 0 unspecified atom stereocenters. The quantitative estimate of drug-likeness (QED) is 0.836. The van der Waals surface area contributed by atoms with Crippen molar-refractivity contribution in [3.8, 4) is 0 Å². The molecular weight excluding hydrogens is 252 g/mol. The van der Waals surface area contributed by atoms with Gasteiger partial charge in [0.2, 0.25) is 10.0 Å². The summed E-state index contributed by atoms with van der Waals surface area (Å²) in [4.78, 5) is 0.255. The van der Waals surface area contributed by atoms with E-state index < -0.39 is 10.0 Å². The SMILES string of the molecule is Cn1cc(S(=O)(=O)N(CCN)C2CCCC2)cn1. The fraction of sp³-hybridized carbons (Fsp3) is 0.727. The summed E-state index contributed by atoms with van der Waals surface area (Å²) in [5, 5.41) is 3.93. The van der Waals surface area contributed by atoms with E-state index in [-0.39, 0.29) is 10.9 Å². The number of nitrogens with zero attached hydrogens (tertiary/aromatic N) is 3. The molecule has 0 atom stereocenters. The Morgan fingerprint density at radius 1 is 1.50 bits per heavy atom. The molecule has 0 amide bonds. The van der Waals surface area contributed by atoms with Crippen LogP contribution in [0.4, 0.5) is 0 Å². The van der Waals surface area contributed by atoms with E-state index in [0.717, 1.165) is 25.7 Å². The van der Waals surface area contributed by atoms with Crippen LogP contribution in [0.3, 0.4) is 0 Å². The van der Waals surface area contributed by atoms with Crippen LogP contribution >= 0.6 is 0 Å². The van der Waals surface area contributed by atoms with Crippen molar-refractivity contribution in [2.24, 2.45) is 12.8 Å². The van der Waals surface area contributed by atoms with Crippen LogP contribution in [0.15, 0.2) is 17.3 Å². The molecule has 1 aromatic heterocycles. The van der Waals surface area contributed by atoms with Gasteiger partial charge in [0, 0.05) is 32.4 Å². The van der Waals surface area contributed by atoms with Crippen LogP contribution in [0.1, 0.15) is 25.7 Å². The van der Waals surface area contributed by atoms with Gasteiger partial charge in [0.05, 0.1) is 6.20 Å². The third-order valence-electron chi connectivity index (χ3n) is 3.37. The summed E-state index contributed by atoms with van der Waals surface area (Å²) < 4.78 is 28.1. The Labute approximate surface area is 108 Å². The predicted molar refractivity (Wildman–Crippen MR) is 68.4 cm³/mol. The first-order valence-corrected chi connectivity index (χ1v) is 7.70. The molecule has 7 heteroatoms. The standard InChI is InChI=1S/C11H20N4O2S/c1-14-9-11(8-13-14)18(16,17)15(7-6-12)10-4-2-3-5-10/h8-10H,2-7,12H2,1H3. The van der Waals surface area contributed by atoms with E-state index in [1.54, 1.807) is 11.4 Å². The average molecular weight is 272 g/mol. The predicted octanol–water partition coefficient (Wildman–Crippen LogP) is 0.312. The van der Waals surface area contributed by atoms with Crippen LogP contribution in [-0.4, -0.2) is 41.6 Å². The summed E-state index contributed by atoms with van der Waals surface area (Å²) in [7, 11) is -1.75. The molecule has 1 aliphatic carbocycles. The minimum absolute atomic E-state index is 0.0961. The van der Waals surface area contributed by atoms with Crippen LogP contribution in [-0.2, 0) is 17.1 Å². The Bertz CT molecular complexity index is 491. The lowest BCUT2D eigenvalue weighted by atomic mass is 10.2. The highest BCUT2D eigenvalue weighted by atomic mass is 32.2. The molecule has 102 valence electrons. The lowest BCUT2D eigenvalue weighted by molar-refractivity contribution is 0.328. The molecule has 2 N–H and O–H groups in total. The average Bonchev–Trinajstić information content (AvgIpc) is 2.96. The van der Waals surface area contributed by atoms with E-state index in [1.165, 1.54) is 17.1 Å². The molecule has 0 aromatic carbocycles. The van der Waals surface area contributed by atoms with Gasteiger partial charge in [0.15, 0.2) is 0 Å². The second kappa shape index (κ2) is 5.38. The van der Waals surface area contributed by atoms with Gasteiger partial charge in [0.25, 0.3) is 0 Å². The first-order valence-electron chi connectivity index (χ1n) is 6.26. The smallest absolute Gasteiger partial charge is 0.246 e. The van der Waals surface area contributed by atoms with Crippen molar-refractivity contribution >= 4 is 10.0 Å². The van der Waals surface area contributed by atoms with Gasteiger partial charge in [-0.3, -0.25) is 4.68 Å². The maximum atomic E-state index is 12.5. The van der Waals surface area contributed by atoms with Crippen molar-refractivity contribution in [2.75, 3.05) is 13.1 Å². The molecule has 0 radical (unpaired) electrons. The van der Waals surface area contributed by atoms with Gasteiger partial charge in [-0.1, -0.05) is 12.8 Å². The topological polar surface area (TPSA) is 81.2 Å². The van der Waals surface area contributed by atoms with Gasteiger partial charge >= 0.3 is 0 Å². The van der Waals surface area contributed by atoms with Gasteiger partial charge in [-0.05, 0) is 12.8 Å². The van der Waals surface area contributed by atoms with Crippen LogP contribution in [0, 0.1) is 0 Å². The zero-order chi connectivity index (χ0) is 13.2. The molecule has 1 aromatic rings. The third kappa shape index (κ3) is 2.57. The lowest BCUT2D eigenvalue weighted by Gasteiger charge is -2.26. The monoisotopic (exact) mass is 272 g/mol. The lowest BCUT2D eigenvalue weighted by Crippen LogP contribution is -2.41. The van der Waals surface area contributed by atoms with Gasteiger partial charge < -0.3 is 5.73 Å². The summed E-state index contributed by atoms with van der Waals surface area (Å²) in [5.41, 5.74) is 5.55. The van der Waals surface area contributed by atoms with Crippen LogP contribution < -0.4 is 5.73 Å². The van der Waals surface area contributed by atoms with Gasteiger partial charge in [-0.25, -0.2) is 8.42 Å². The minimum Gasteiger partial charge on any atom is -0.329 e. The normalized spacial score (nSPS) is 17.7. The largest absolute Gasteiger partial charge is 0.329 e. The van der Waals surface area contributed by atoms with E-state index >= 15 is 0 Å². The minimum atomic E-state index is -3.46. The molecule has 18 heavy (non-hydrogen) atoms. The second-order valence-electron chi connectivity index (χ2n) is 4.69. The number of sulfonamides is 1. The zero-order valence-electron chi connectivity index (χ0n) is 10.6. The van der Waals surface area contributed by atoms with Crippen molar-refractivity contribution in [3.05, 3.63) is 12.4 Å². The Morgan fingerprint density at radius 3 is 2.67 bits per heavy atom. The highest BCUT2D eigenvalue weighted by molar-refractivity contribution is 7.89. The van der Waals surface area contributed by atoms with E-state index in [2.05, 4.69) is 5.10 Å². The van der Waals surface area contributed by atoms with Crippen molar-refractivity contribution in [2.45, 2.75) is 36.6 Å². The molecule has 0 bridgehead atoms. The number of aromatic nitrogens is 2. The summed E-state index contributed by atoms with van der Waals surface area (Å²) in [6, 6.07) is 0.0961. The zero-order valence-corrected chi connectivity index (χ0v) is 11.4. The van der Waals surface area contributed by atoms with Gasteiger partial charge in [0.1, 0.15) is 4.90 Å². The molecule has 6 nitrogen and oxygen atoms in total. The molecule has 0 spiro atoms. The number of nitrogens with two attached hydrogens (primary N) is 1. The molecule has 1 saturated carbocycles. The summed E-state index contributed by atoms with van der Waals surface area (Å²) >= 11 is 0. The highest BCUT2D eigenvalue weighted by Gasteiger charge is 2.33. The fourth-order valence-corrected chi connectivity index (χ4v) is 4.17. The fourth-order valence-electron chi connectivity index (χ4n) is 2.49. The van der Waals surface area contributed by atoms with Crippen molar-refractivity contribution < 1.29 is 8.42 Å². The molecule has 2 rings (SSSR count). The number of aryl methyl sites for hydroxylation is 1. The number of hydrogen-bond acceptors (Lipinski definition) is 4. The Morgan fingerprint density at radius 2 is 2.17 bits per heavy atom. The van der Waals surface area contributed by atoms with Crippen LogP contribution in [0.25, 0.3) is 0 Å². The Kier molecular flexibility index (Phi) is 4.04. The third-order valence-corrected chi connectivity index (χ3v) is 5.27. The van der Waals surface area contributed by atoms with E-state index in [0.29, 0.717) is 13.1 Å². The molecule has 0 aliphatic heterocycles.